The fourth-order valence-corrected chi connectivity index (χ4v) is 2.46. The van der Waals surface area contributed by atoms with Crippen LogP contribution in [0.5, 0.6) is 0 Å². The summed E-state index contributed by atoms with van der Waals surface area (Å²) in [5.74, 6) is 1.47. The molecule has 0 spiro atoms. The second-order valence-electron chi connectivity index (χ2n) is 4.12. The highest BCUT2D eigenvalue weighted by molar-refractivity contribution is 6.30. The molecule has 0 aromatic carbocycles. The molecule has 0 radical (unpaired) electrons. The zero-order valence-corrected chi connectivity index (χ0v) is 9.59. The molecule has 1 saturated carbocycles. The fourth-order valence-electron chi connectivity index (χ4n) is 2.29. The number of nitrogens with zero attached hydrogens (tertiary/aromatic N) is 3. The van der Waals surface area contributed by atoms with Crippen LogP contribution in [0.2, 0.25) is 5.15 Å². The average molecular weight is 224 g/mol. The molecule has 1 fully saturated rings. The Morgan fingerprint density at radius 1 is 1.40 bits per heavy atom. The van der Waals surface area contributed by atoms with E-state index in [0.717, 1.165) is 5.82 Å². The van der Waals surface area contributed by atoms with Crippen LogP contribution in [-0.2, 0) is 7.05 Å². The van der Waals surface area contributed by atoms with Gasteiger partial charge in [-0.15, -0.1) is 0 Å². The summed E-state index contributed by atoms with van der Waals surface area (Å²) >= 11 is 6.01. The summed E-state index contributed by atoms with van der Waals surface area (Å²) in [5.41, 5.74) is 0.361. The van der Waals surface area contributed by atoms with Gasteiger partial charge in [0.25, 0.3) is 0 Å². The van der Waals surface area contributed by atoms with Crippen LogP contribution in [0, 0.1) is 11.3 Å². The molecule has 1 aromatic heterocycles. The molecule has 0 saturated heterocycles. The zero-order chi connectivity index (χ0) is 10.8. The highest BCUT2D eigenvalue weighted by Crippen LogP contribution is 2.33. The molecule has 3 nitrogen and oxygen atoms in total. The van der Waals surface area contributed by atoms with E-state index >= 15 is 0 Å². The summed E-state index contributed by atoms with van der Waals surface area (Å²) in [6.45, 7) is 0. The van der Waals surface area contributed by atoms with Gasteiger partial charge in [-0.05, 0) is 12.8 Å². The van der Waals surface area contributed by atoms with E-state index in [4.69, 9.17) is 16.9 Å². The van der Waals surface area contributed by atoms with E-state index < -0.39 is 0 Å². The number of hydrogen-bond acceptors (Lipinski definition) is 2. The second kappa shape index (κ2) is 4.24. The van der Waals surface area contributed by atoms with Crippen molar-refractivity contribution in [2.45, 2.75) is 38.0 Å². The largest absolute Gasteiger partial charge is 0.321 e. The maximum absolute atomic E-state index is 8.84. The van der Waals surface area contributed by atoms with E-state index in [1.165, 1.54) is 32.1 Å². The van der Waals surface area contributed by atoms with Gasteiger partial charge in [0, 0.05) is 13.0 Å². The Labute approximate surface area is 94.7 Å². The Hall–Kier alpha value is -1.01. The maximum atomic E-state index is 8.84. The molecule has 1 aliphatic carbocycles. The van der Waals surface area contributed by atoms with Gasteiger partial charge in [-0.2, -0.15) is 5.26 Å². The molecule has 1 aliphatic rings. The van der Waals surface area contributed by atoms with Crippen molar-refractivity contribution in [2.24, 2.45) is 7.05 Å². The van der Waals surface area contributed by atoms with Crippen LogP contribution in [0.4, 0.5) is 0 Å². The summed E-state index contributed by atoms with van der Waals surface area (Å²) in [4.78, 5) is 4.32. The molecule has 0 atom stereocenters. The molecule has 80 valence electrons. The first kappa shape index (κ1) is 10.5. The number of hydrogen-bond donors (Lipinski definition) is 0. The third-order valence-electron chi connectivity index (χ3n) is 3.14. The van der Waals surface area contributed by atoms with Crippen LogP contribution in [0.25, 0.3) is 0 Å². The number of halogens is 1. The van der Waals surface area contributed by atoms with Gasteiger partial charge in [-0.3, -0.25) is 0 Å². The van der Waals surface area contributed by atoms with Gasteiger partial charge < -0.3 is 4.57 Å². The fraction of sp³-hybridized carbons (Fsp3) is 0.636. The standard InChI is InChI=1S/C11H14ClN3/c1-15-10(12)9(7-13)14-11(15)8-5-3-2-4-6-8/h8H,2-6H2,1H3. The van der Waals surface area contributed by atoms with Gasteiger partial charge in [0.15, 0.2) is 5.69 Å². The first-order chi connectivity index (χ1) is 7.24. The van der Waals surface area contributed by atoms with E-state index in [1.807, 2.05) is 17.7 Å². The van der Waals surface area contributed by atoms with Gasteiger partial charge >= 0.3 is 0 Å². The monoisotopic (exact) mass is 223 g/mol. The molecular formula is C11H14ClN3. The molecule has 0 N–H and O–H groups in total. The lowest BCUT2D eigenvalue weighted by Gasteiger charge is -2.20. The van der Waals surface area contributed by atoms with E-state index in [0.29, 0.717) is 16.8 Å². The van der Waals surface area contributed by atoms with Crippen LogP contribution in [0.15, 0.2) is 0 Å². The lowest BCUT2D eigenvalue weighted by molar-refractivity contribution is 0.421. The van der Waals surface area contributed by atoms with Crippen molar-refractivity contribution in [3.63, 3.8) is 0 Å². The van der Waals surface area contributed by atoms with E-state index in [9.17, 15) is 0 Å². The highest BCUT2D eigenvalue weighted by atomic mass is 35.5. The van der Waals surface area contributed by atoms with Crippen molar-refractivity contribution >= 4 is 11.6 Å². The number of rotatable bonds is 1. The topological polar surface area (TPSA) is 41.6 Å². The maximum Gasteiger partial charge on any atom is 0.177 e. The normalized spacial score (nSPS) is 17.7. The Balaban J connectivity index is 2.31. The number of imidazole rings is 1. The van der Waals surface area contributed by atoms with Crippen LogP contribution in [-0.4, -0.2) is 9.55 Å². The van der Waals surface area contributed by atoms with Crippen molar-refractivity contribution in [1.29, 1.82) is 5.26 Å². The van der Waals surface area contributed by atoms with E-state index in [1.54, 1.807) is 0 Å². The second-order valence-corrected chi connectivity index (χ2v) is 4.47. The number of aromatic nitrogens is 2. The average Bonchev–Trinajstić information content (AvgIpc) is 2.57. The Morgan fingerprint density at radius 3 is 2.60 bits per heavy atom. The van der Waals surface area contributed by atoms with Gasteiger partial charge in [0.1, 0.15) is 17.0 Å². The van der Waals surface area contributed by atoms with Crippen LogP contribution in [0.3, 0.4) is 0 Å². The third kappa shape index (κ3) is 1.87. The molecule has 1 heterocycles. The summed E-state index contributed by atoms with van der Waals surface area (Å²) < 4.78 is 1.86. The van der Waals surface area contributed by atoms with E-state index in [2.05, 4.69) is 4.98 Å². The highest BCUT2D eigenvalue weighted by Gasteiger charge is 2.22. The third-order valence-corrected chi connectivity index (χ3v) is 3.57. The lowest BCUT2D eigenvalue weighted by Crippen LogP contribution is -2.10. The summed E-state index contributed by atoms with van der Waals surface area (Å²) in [6.07, 6.45) is 6.19. The number of nitriles is 1. The van der Waals surface area contributed by atoms with Crippen molar-refractivity contribution < 1.29 is 0 Å². The zero-order valence-electron chi connectivity index (χ0n) is 8.83. The van der Waals surface area contributed by atoms with Crippen molar-refractivity contribution in [2.75, 3.05) is 0 Å². The van der Waals surface area contributed by atoms with Crippen LogP contribution < -0.4 is 0 Å². The first-order valence-corrected chi connectivity index (χ1v) is 5.74. The van der Waals surface area contributed by atoms with Crippen molar-refractivity contribution in [3.8, 4) is 6.07 Å². The Bertz CT molecular complexity index is 397. The van der Waals surface area contributed by atoms with Crippen molar-refractivity contribution in [1.82, 2.24) is 9.55 Å². The molecule has 0 unspecified atom stereocenters. The first-order valence-electron chi connectivity index (χ1n) is 5.36. The quantitative estimate of drug-likeness (QED) is 0.735. The molecule has 0 amide bonds. The van der Waals surface area contributed by atoms with Gasteiger partial charge in [0.2, 0.25) is 0 Å². The smallest absolute Gasteiger partial charge is 0.177 e. The summed E-state index contributed by atoms with van der Waals surface area (Å²) in [5, 5.41) is 9.31. The molecule has 0 aliphatic heterocycles. The molecule has 1 aromatic rings. The summed E-state index contributed by atoms with van der Waals surface area (Å²) in [6, 6.07) is 2.03. The molecule has 0 bridgehead atoms. The van der Waals surface area contributed by atoms with Crippen LogP contribution >= 0.6 is 11.6 Å². The molecular weight excluding hydrogens is 210 g/mol. The predicted molar refractivity (Wildman–Crippen MR) is 58.8 cm³/mol. The summed E-state index contributed by atoms with van der Waals surface area (Å²) in [7, 11) is 1.89. The van der Waals surface area contributed by atoms with Gasteiger partial charge in [-0.1, -0.05) is 30.9 Å². The van der Waals surface area contributed by atoms with E-state index in [-0.39, 0.29) is 0 Å². The van der Waals surface area contributed by atoms with Gasteiger partial charge in [-0.25, -0.2) is 4.98 Å². The predicted octanol–water partition coefficient (Wildman–Crippen LogP) is 2.99. The minimum Gasteiger partial charge on any atom is -0.321 e. The van der Waals surface area contributed by atoms with Gasteiger partial charge in [0.05, 0.1) is 0 Å². The SMILES string of the molecule is Cn1c(C2CCCCC2)nc(C#N)c1Cl. The minimum atomic E-state index is 0.361. The minimum absolute atomic E-state index is 0.361. The molecule has 4 heteroatoms. The Kier molecular flexibility index (Phi) is 2.97. The Morgan fingerprint density at radius 2 is 2.07 bits per heavy atom. The lowest BCUT2D eigenvalue weighted by atomic mass is 9.89. The molecule has 15 heavy (non-hydrogen) atoms. The van der Waals surface area contributed by atoms with Crippen molar-refractivity contribution in [3.05, 3.63) is 16.7 Å². The molecule has 2 rings (SSSR count). The van der Waals surface area contributed by atoms with Crippen LogP contribution in [0.1, 0.15) is 49.5 Å².